The molecule has 0 heterocycles. The van der Waals surface area contributed by atoms with Gasteiger partial charge in [-0.05, 0) is 39.3 Å². The summed E-state index contributed by atoms with van der Waals surface area (Å²) in [6, 6.07) is 9.94. The average Bonchev–Trinajstić information content (AvgIpc) is 2.47. The molecule has 0 aliphatic heterocycles. The molecular weight excluding hydrogens is 308 g/mol. The maximum atomic E-state index is 12.5. The van der Waals surface area contributed by atoms with Gasteiger partial charge in [0, 0.05) is 10.6 Å². The van der Waals surface area contributed by atoms with Crippen LogP contribution in [0.3, 0.4) is 0 Å². The van der Waals surface area contributed by atoms with Gasteiger partial charge >= 0.3 is 5.97 Å². The molecule has 0 saturated heterocycles. The summed E-state index contributed by atoms with van der Waals surface area (Å²) in [5.74, 6) is -0.257. The lowest BCUT2D eigenvalue weighted by atomic mass is 9.98. The molecule has 0 aromatic heterocycles. The van der Waals surface area contributed by atoms with Gasteiger partial charge in [0.15, 0.2) is 0 Å². The van der Waals surface area contributed by atoms with Gasteiger partial charge in [0.2, 0.25) is 0 Å². The number of ether oxygens (including phenoxy) is 1. The Labute approximate surface area is 144 Å². The third-order valence-corrected chi connectivity index (χ3v) is 4.58. The number of benzene rings is 1. The molecule has 0 spiro atoms. The minimum atomic E-state index is -0.646. The van der Waals surface area contributed by atoms with Crippen molar-refractivity contribution >= 4 is 17.7 Å². The quantitative estimate of drug-likeness (QED) is 0.403. The lowest BCUT2D eigenvalue weighted by molar-refractivity contribution is -0.163. The Hall–Kier alpha value is -1.00. The molecule has 0 bridgehead atoms. The Morgan fingerprint density at radius 2 is 1.87 bits per heavy atom. The molecular formula is C19H30O3S. The van der Waals surface area contributed by atoms with Crippen molar-refractivity contribution in [3.63, 3.8) is 0 Å². The van der Waals surface area contributed by atoms with Crippen LogP contribution >= 0.6 is 11.8 Å². The molecule has 0 amide bonds. The summed E-state index contributed by atoms with van der Waals surface area (Å²) >= 11 is 1.59. The molecule has 23 heavy (non-hydrogen) atoms. The summed E-state index contributed by atoms with van der Waals surface area (Å²) in [6.45, 7) is 7.70. The second-order valence-electron chi connectivity index (χ2n) is 6.83. The zero-order valence-corrected chi connectivity index (χ0v) is 15.6. The molecule has 1 N–H and O–H groups in total. The van der Waals surface area contributed by atoms with Gasteiger partial charge in [0.05, 0.1) is 12.0 Å². The fourth-order valence-corrected chi connectivity index (χ4v) is 3.30. The van der Waals surface area contributed by atoms with Crippen LogP contribution in [0, 0.1) is 5.92 Å². The second-order valence-corrected chi connectivity index (χ2v) is 7.92. The number of aliphatic hydroxyl groups is 1. The Bertz CT molecular complexity index is 453. The summed E-state index contributed by atoms with van der Waals surface area (Å²) in [5, 5.41) is 10.5. The fraction of sp³-hybridized carbons (Fsp3) is 0.632. The highest BCUT2D eigenvalue weighted by molar-refractivity contribution is 7.99. The van der Waals surface area contributed by atoms with E-state index in [4.69, 9.17) is 4.74 Å². The molecule has 2 atom stereocenters. The van der Waals surface area contributed by atoms with E-state index in [1.54, 1.807) is 11.8 Å². The highest BCUT2D eigenvalue weighted by Gasteiger charge is 2.31. The van der Waals surface area contributed by atoms with Gasteiger partial charge < -0.3 is 9.84 Å². The van der Waals surface area contributed by atoms with Crippen LogP contribution in [0.4, 0.5) is 0 Å². The Kier molecular flexibility index (Phi) is 8.71. The highest BCUT2D eigenvalue weighted by atomic mass is 32.2. The van der Waals surface area contributed by atoms with E-state index >= 15 is 0 Å². The number of carbonyl (C=O) groups excluding carboxylic acids is 1. The average molecular weight is 339 g/mol. The van der Waals surface area contributed by atoms with E-state index < -0.39 is 17.6 Å². The normalized spacial score (nSPS) is 14.3. The predicted molar refractivity (Wildman–Crippen MR) is 96.6 cm³/mol. The molecule has 0 unspecified atom stereocenters. The van der Waals surface area contributed by atoms with Crippen molar-refractivity contribution < 1.29 is 14.6 Å². The molecule has 4 heteroatoms. The maximum absolute atomic E-state index is 12.5. The third-order valence-electron chi connectivity index (χ3n) is 3.45. The Morgan fingerprint density at radius 1 is 1.22 bits per heavy atom. The third kappa shape index (κ3) is 8.42. The first-order chi connectivity index (χ1) is 10.8. The molecule has 0 aliphatic rings. The minimum absolute atomic E-state index is 0.301. The van der Waals surface area contributed by atoms with E-state index in [0.717, 1.165) is 24.2 Å². The van der Waals surface area contributed by atoms with E-state index in [-0.39, 0.29) is 5.97 Å². The van der Waals surface area contributed by atoms with Gasteiger partial charge in [0.25, 0.3) is 0 Å². The first kappa shape index (κ1) is 20.0. The molecule has 0 aliphatic carbocycles. The molecule has 130 valence electrons. The van der Waals surface area contributed by atoms with E-state index in [1.807, 2.05) is 51.1 Å². The van der Waals surface area contributed by atoms with Gasteiger partial charge in [-0.3, -0.25) is 4.79 Å². The summed E-state index contributed by atoms with van der Waals surface area (Å²) in [5.41, 5.74) is -0.532. The van der Waals surface area contributed by atoms with Crippen LogP contribution in [0.25, 0.3) is 0 Å². The summed E-state index contributed by atoms with van der Waals surface area (Å²) < 4.78 is 5.50. The van der Waals surface area contributed by atoms with Crippen LogP contribution in [-0.4, -0.2) is 28.5 Å². The Balaban J connectivity index is 2.68. The number of carbonyl (C=O) groups is 1. The largest absolute Gasteiger partial charge is 0.460 e. The number of aliphatic hydroxyl groups excluding tert-OH is 1. The number of thioether (sulfide) groups is 1. The summed E-state index contributed by atoms with van der Waals surface area (Å²) in [7, 11) is 0. The Morgan fingerprint density at radius 3 is 2.43 bits per heavy atom. The summed E-state index contributed by atoms with van der Waals surface area (Å²) in [6.07, 6.45) is 3.11. The van der Waals surface area contributed by atoms with E-state index in [0.29, 0.717) is 12.2 Å². The molecule has 1 rings (SSSR count). The van der Waals surface area contributed by atoms with Gasteiger partial charge in [-0.15, -0.1) is 11.8 Å². The second kappa shape index (κ2) is 9.99. The van der Waals surface area contributed by atoms with Gasteiger partial charge in [-0.1, -0.05) is 44.4 Å². The first-order valence-corrected chi connectivity index (χ1v) is 9.41. The van der Waals surface area contributed by atoms with E-state index in [1.165, 1.54) is 0 Å². The van der Waals surface area contributed by atoms with Crippen LogP contribution < -0.4 is 0 Å². The van der Waals surface area contributed by atoms with Crippen molar-refractivity contribution in [3.8, 4) is 0 Å². The van der Waals surface area contributed by atoms with E-state index in [9.17, 15) is 9.90 Å². The minimum Gasteiger partial charge on any atom is -0.460 e. The van der Waals surface area contributed by atoms with Crippen molar-refractivity contribution in [2.24, 2.45) is 5.92 Å². The maximum Gasteiger partial charge on any atom is 0.312 e. The van der Waals surface area contributed by atoms with E-state index in [2.05, 4.69) is 6.92 Å². The first-order valence-electron chi connectivity index (χ1n) is 8.42. The fourth-order valence-electron chi connectivity index (χ4n) is 2.22. The van der Waals surface area contributed by atoms with Crippen LogP contribution in [-0.2, 0) is 9.53 Å². The smallest absolute Gasteiger partial charge is 0.312 e. The monoisotopic (exact) mass is 338 g/mol. The molecule has 0 fully saturated rings. The number of rotatable bonds is 9. The highest BCUT2D eigenvalue weighted by Crippen LogP contribution is 2.26. The van der Waals surface area contributed by atoms with Crippen molar-refractivity contribution in [2.45, 2.75) is 70.0 Å². The number of esters is 1. The van der Waals surface area contributed by atoms with Crippen LogP contribution in [0.1, 0.15) is 53.4 Å². The zero-order chi connectivity index (χ0) is 17.3. The lowest BCUT2D eigenvalue weighted by Gasteiger charge is -2.26. The van der Waals surface area contributed by atoms with Gasteiger partial charge in [-0.25, -0.2) is 0 Å². The van der Waals surface area contributed by atoms with Crippen molar-refractivity contribution in [1.82, 2.24) is 0 Å². The van der Waals surface area contributed by atoms with Gasteiger partial charge in [-0.2, -0.15) is 0 Å². The molecule has 3 nitrogen and oxygen atoms in total. The number of hydrogen-bond acceptors (Lipinski definition) is 4. The molecule has 0 radical (unpaired) electrons. The standard InChI is InChI=1S/C19H30O3S/c1-5-6-8-13-17(20)16(18(21)22-19(2,3)4)14-23-15-11-9-7-10-12-15/h7,9-12,16-17,20H,5-6,8,13-14H2,1-4H3/t16-,17+/m1/s1. The van der Waals surface area contributed by atoms with Crippen LogP contribution in [0.15, 0.2) is 35.2 Å². The lowest BCUT2D eigenvalue weighted by Crippen LogP contribution is -2.36. The van der Waals surface area contributed by atoms with Gasteiger partial charge in [0.1, 0.15) is 5.60 Å². The molecule has 0 saturated carbocycles. The van der Waals surface area contributed by atoms with Crippen LogP contribution in [0.2, 0.25) is 0 Å². The topological polar surface area (TPSA) is 46.5 Å². The number of hydrogen-bond donors (Lipinski definition) is 1. The number of unbranched alkanes of at least 4 members (excludes halogenated alkanes) is 2. The van der Waals surface area contributed by atoms with Crippen molar-refractivity contribution in [1.29, 1.82) is 0 Å². The zero-order valence-electron chi connectivity index (χ0n) is 14.7. The SMILES string of the molecule is CCCCC[C@H](O)[C@@H](CSc1ccccc1)C(=O)OC(C)(C)C. The molecule has 1 aromatic carbocycles. The van der Waals surface area contributed by atoms with Crippen molar-refractivity contribution in [3.05, 3.63) is 30.3 Å². The molecule has 1 aromatic rings. The predicted octanol–water partition coefficient (Wildman–Crippen LogP) is 4.68. The van der Waals surface area contributed by atoms with Crippen molar-refractivity contribution in [2.75, 3.05) is 5.75 Å². The van der Waals surface area contributed by atoms with Crippen LogP contribution in [0.5, 0.6) is 0 Å². The summed E-state index contributed by atoms with van der Waals surface area (Å²) in [4.78, 5) is 13.6.